The first-order valence-electron chi connectivity index (χ1n) is 10.8. The number of methoxy groups -OCH3 is 1. The van der Waals surface area contributed by atoms with Crippen LogP contribution in [0.15, 0.2) is 83.8 Å². The number of para-hydroxylation sites is 1. The molecule has 1 amide bonds. The third-order valence-corrected chi connectivity index (χ3v) is 6.93. The van der Waals surface area contributed by atoms with E-state index in [0.29, 0.717) is 28.7 Å². The number of unbranched alkanes of at least 4 members (excludes halogenated alkanes) is 1. The van der Waals surface area contributed by atoms with E-state index in [9.17, 15) is 13.2 Å². The Bertz CT molecular complexity index is 1240. The molecule has 0 atom stereocenters. The van der Waals surface area contributed by atoms with Crippen molar-refractivity contribution in [3.8, 4) is 11.5 Å². The Balaban J connectivity index is 1.98. The Hall–Kier alpha value is -3.29. The van der Waals surface area contributed by atoms with Gasteiger partial charge in [-0.25, -0.2) is 8.42 Å². The summed E-state index contributed by atoms with van der Waals surface area (Å²) in [6.07, 6.45) is 4.68. The topological polar surface area (TPSA) is 72.9 Å². The van der Waals surface area contributed by atoms with Crippen LogP contribution in [0.3, 0.4) is 0 Å². The summed E-state index contributed by atoms with van der Waals surface area (Å²) in [5.74, 6) is 0.425. The number of benzene rings is 3. The molecule has 8 heteroatoms. The van der Waals surface area contributed by atoms with Crippen LogP contribution in [0.25, 0.3) is 6.08 Å². The molecule has 3 aromatic rings. The molecule has 3 rings (SSSR count). The molecule has 0 aromatic heterocycles. The first kappa shape index (κ1) is 25.3. The maximum atomic E-state index is 13.5. The monoisotopic (exact) mass is 499 g/mol. The van der Waals surface area contributed by atoms with Crippen LogP contribution in [0.2, 0.25) is 5.02 Å². The summed E-state index contributed by atoms with van der Waals surface area (Å²) in [4.78, 5) is 13.2. The fourth-order valence-electron chi connectivity index (χ4n) is 3.12. The smallest absolute Gasteiger partial charge is 0.271 e. The highest BCUT2D eigenvalue weighted by Crippen LogP contribution is 2.28. The molecule has 0 fully saturated rings. The molecule has 178 valence electrons. The maximum Gasteiger partial charge on any atom is 0.271 e. The molecule has 0 spiro atoms. The van der Waals surface area contributed by atoms with Crippen LogP contribution < -0.4 is 13.8 Å². The van der Waals surface area contributed by atoms with Crippen molar-refractivity contribution in [2.24, 2.45) is 0 Å². The maximum absolute atomic E-state index is 13.5. The molecule has 0 aliphatic rings. The number of nitrogens with zero attached hydrogens (tertiary/aromatic N) is 1. The third-order valence-electron chi connectivity index (χ3n) is 4.94. The molecule has 0 radical (unpaired) electrons. The summed E-state index contributed by atoms with van der Waals surface area (Å²) in [6.45, 7) is 2.63. The van der Waals surface area contributed by atoms with E-state index in [1.165, 1.54) is 49.6 Å². The first-order chi connectivity index (χ1) is 16.4. The summed E-state index contributed by atoms with van der Waals surface area (Å²) in [7, 11) is -2.71. The zero-order valence-electron chi connectivity index (χ0n) is 19.0. The Morgan fingerprint density at radius 3 is 2.32 bits per heavy atom. The van der Waals surface area contributed by atoms with Crippen molar-refractivity contribution in [2.75, 3.05) is 18.0 Å². The molecule has 0 unspecified atom stereocenters. The fourth-order valence-corrected chi connectivity index (χ4v) is 4.63. The van der Waals surface area contributed by atoms with Gasteiger partial charge in [-0.3, -0.25) is 4.79 Å². The average Bonchev–Trinajstić information content (AvgIpc) is 2.84. The van der Waals surface area contributed by atoms with Gasteiger partial charge in [-0.15, -0.1) is 0 Å². The summed E-state index contributed by atoms with van der Waals surface area (Å²) in [6, 6.07) is 19.1. The summed E-state index contributed by atoms with van der Waals surface area (Å²) >= 11 is 5.92. The van der Waals surface area contributed by atoms with E-state index < -0.39 is 15.9 Å². The lowest BCUT2D eigenvalue weighted by atomic mass is 10.2. The largest absolute Gasteiger partial charge is 0.497 e. The third kappa shape index (κ3) is 6.18. The number of halogens is 1. The van der Waals surface area contributed by atoms with E-state index in [4.69, 9.17) is 21.1 Å². The van der Waals surface area contributed by atoms with Crippen molar-refractivity contribution >= 4 is 39.3 Å². The molecule has 0 N–H and O–H groups in total. The van der Waals surface area contributed by atoms with Crippen LogP contribution in [0.5, 0.6) is 11.5 Å². The number of carbonyl (C=O) groups excluding carboxylic acids is 1. The quantitative estimate of drug-likeness (QED) is 0.254. The lowest BCUT2D eigenvalue weighted by molar-refractivity contribution is -0.113. The SMILES string of the molecule is CCCCOc1ccccc1/C=C/C(=O)N(c1ccc(OC)cc1)S(=O)(=O)c1ccc(Cl)cc1. The molecular weight excluding hydrogens is 474 g/mol. The number of hydrogen-bond donors (Lipinski definition) is 0. The predicted octanol–water partition coefficient (Wildman–Crippen LogP) is 5.96. The minimum Gasteiger partial charge on any atom is -0.497 e. The fraction of sp³-hybridized carbons (Fsp3) is 0.192. The summed E-state index contributed by atoms with van der Waals surface area (Å²) in [5, 5.41) is 0.390. The zero-order chi connectivity index (χ0) is 24.6. The lowest BCUT2D eigenvalue weighted by Crippen LogP contribution is -2.35. The first-order valence-corrected chi connectivity index (χ1v) is 12.6. The van der Waals surface area contributed by atoms with Crippen molar-refractivity contribution in [1.29, 1.82) is 0 Å². The molecule has 0 aliphatic heterocycles. The number of carbonyl (C=O) groups is 1. The summed E-state index contributed by atoms with van der Waals surface area (Å²) in [5.41, 5.74) is 0.850. The average molecular weight is 500 g/mol. The van der Waals surface area contributed by atoms with E-state index in [2.05, 4.69) is 6.92 Å². The molecular formula is C26H26ClNO5S. The highest BCUT2D eigenvalue weighted by molar-refractivity contribution is 7.93. The van der Waals surface area contributed by atoms with Gasteiger partial charge in [0.05, 0.1) is 24.3 Å². The van der Waals surface area contributed by atoms with Gasteiger partial charge >= 0.3 is 0 Å². The van der Waals surface area contributed by atoms with Crippen molar-refractivity contribution in [3.05, 3.63) is 89.5 Å². The highest BCUT2D eigenvalue weighted by atomic mass is 35.5. The zero-order valence-corrected chi connectivity index (χ0v) is 20.6. The molecule has 0 heterocycles. The Kier molecular flexibility index (Phi) is 8.73. The van der Waals surface area contributed by atoms with E-state index in [-0.39, 0.29) is 10.6 Å². The number of anilines is 1. The van der Waals surface area contributed by atoms with Gasteiger partial charge in [0.25, 0.3) is 15.9 Å². The number of amides is 1. The lowest BCUT2D eigenvalue weighted by Gasteiger charge is -2.21. The standard InChI is InChI=1S/C26H26ClNO5S/c1-3-4-19-33-25-8-6-5-7-20(25)9-18-26(29)28(22-12-14-23(32-2)15-13-22)34(30,31)24-16-10-21(27)11-17-24/h5-18H,3-4,19H2,1-2H3/b18-9+. The highest BCUT2D eigenvalue weighted by Gasteiger charge is 2.30. The minimum atomic E-state index is -4.22. The Morgan fingerprint density at radius 1 is 1.00 bits per heavy atom. The van der Waals surface area contributed by atoms with Gasteiger partial charge in [0, 0.05) is 16.7 Å². The normalized spacial score (nSPS) is 11.4. The van der Waals surface area contributed by atoms with Gasteiger partial charge in [-0.05, 0) is 67.1 Å². The van der Waals surface area contributed by atoms with Gasteiger partial charge in [-0.1, -0.05) is 43.1 Å². The molecule has 0 saturated carbocycles. The molecule has 3 aromatic carbocycles. The number of ether oxygens (including phenoxy) is 2. The second-order valence-electron chi connectivity index (χ2n) is 7.33. The van der Waals surface area contributed by atoms with Gasteiger partial charge in [0.1, 0.15) is 11.5 Å². The minimum absolute atomic E-state index is 0.0576. The van der Waals surface area contributed by atoms with Crippen LogP contribution in [0.4, 0.5) is 5.69 Å². The number of hydrogen-bond acceptors (Lipinski definition) is 5. The number of rotatable bonds is 10. The van der Waals surface area contributed by atoms with Crippen molar-refractivity contribution < 1.29 is 22.7 Å². The number of sulfonamides is 1. The van der Waals surface area contributed by atoms with Crippen LogP contribution in [0.1, 0.15) is 25.3 Å². The molecule has 0 saturated heterocycles. The molecule has 34 heavy (non-hydrogen) atoms. The van der Waals surface area contributed by atoms with E-state index in [1.54, 1.807) is 24.3 Å². The van der Waals surface area contributed by atoms with E-state index in [1.807, 2.05) is 18.2 Å². The van der Waals surface area contributed by atoms with Crippen LogP contribution in [-0.4, -0.2) is 28.0 Å². The van der Waals surface area contributed by atoms with Crippen LogP contribution >= 0.6 is 11.6 Å². The second kappa shape index (κ2) is 11.7. The van der Waals surface area contributed by atoms with Gasteiger partial charge in [-0.2, -0.15) is 4.31 Å². The van der Waals surface area contributed by atoms with Crippen LogP contribution in [0, 0.1) is 0 Å². The molecule has 0 aliphatic carbocycles. The van der Waals surface area contributed by atoms with Gasteiger partial charge < -0.3 is 9.47 Å². The van der Waals surface area contributed by atoms with Gasteiger partial charge in [0.2, 0.25) is 0 Å². The van der Waals surface area contributed by atoms with E-state index >= 15 is 0 Å². The van der Waals surface area contributed by atoms with Crippen LogP contribution in [-0.2, 0) is 14.8 Å². The second-order valence-corrected chi connectivity index (χ2v) is 9.56. The van der Waals surface area contributed by atoms with Crippen molar-refractivity contribution in [3.63, 3.8) is 0 Å². The van der Waals surface area contributed by atoms with E-state index in [0.717, 1.165) is 17.1 Å². The molecule has 0 bridgehead atoms. The Labute approximate surface area is 205 Å². The predicted molar refractivity (Wildman–Crippen MR) is 135 cm³/mol. The van der Waals surface area contributed by atoms with Crippen molar-refractivity contribution in [2.45, 2.75) is 24.7 Å². The van der Waals surface area contributed by atoms with Gasteiger partial charge in [0.15, 0.2) is 0 Å². The molecule has 6 nitrogen and oxygen atoms in total. The summed E-state index contributed by atoms with van der Waals surface area (Å²) < 4.78 is 38.7. The Morgan fingerprint density at radius 2 is 1.68 bits per heavy atom. The van der Waals surface area contributed by atoms with Crippen molar-refractivity contribution in [1.82, 2.24) is 0 Å².